The maximum Gasteiger partial charge on any atom is 0.182 e. The first kappa shape index (κ1) is 24.5. The van der Waals surface area contributed by atoms with Crippen molar-refractivity contribution < 1.29 is 19.0 Å². The Morgan fingerprint density at radius 3 is 2.64 bits per heavy atom. The van der Waals surface area contributed by atoms with Crippen molar-refractivity contribution in [2.24, 2.45) is 0 Å². The van der Waals surface area contributed by atoms with E-state index in [9.17, 15) is 5.11 Å². The minimum atomic E-state index is -0.492. The van der Waals surface area contributed by atoms with Crippen LogP contribution in [0, 0.1) is 12.7 Å². The van der Waals surface area contributed by atoms with Gasteiger partial charge in [0.25, 0.3) is 0 Å². The van der Waals surface area contributed by atoms with E-state index in [1.807, 2.05) is 6.92 Å². The number of halogens is 2. The molecule has 2 N–H and O–H groups in total. The molecular weight excluding hydrogens is 485 g/mol. The van der Waals surface area contributed by atoms with Crippen molar-refractivity contribution >= 4 is 33.4 Å². The van der Waals surface area contributed by atoms with Gasteiger partial charge in [-0.2, -0.15) is 5.10 Å². The third kappa shape index (κ3) is 4.54. The van der Waals surface area contributed by atoms with Crippen LogP contribution in [0.5, 0.6) is 17.2 Å². The van der Waals surface area contributed by atoms with E-state index >= 15 is 4.39 Å². The fourth-order valence-corrected chi connectivity index (χ4v) is 4.93. The number of piperazine rings is 1. The zero-order valence-electron chi connectivity index (χ0n) is 20.6. The molecule has 0 saturated carbocycles. The molecule has 0 aliphatic carbocycles. The van der Waals surface area contributed by atoms with E-state index in [0.717, 1.165) is 44.8 Å². The molecule has 190 valence electrons. The van der Waals surface area contributed by atoms with Gasteiger partial charge in [0.15, 0.2) is 17.1 Å². The van der Waals surface area contributed by atoms with Crippen LogP contribution < -0.4 is 9.47 Å². The lowest BCUT2D eigenvalue weighted by Gasteiger charge is -2.32. The lowest BCUT2D eigenvalue weighted by molar-refractivity contribution is 0.145. The number of aromatic hydroxyl groups is 1. The first-order valence-corrected chi connectivity index (χ1v) is 12.3. The first-order chi connectivity index (χ1) is 17.4. The number of likely N-dealkylation sites (N-methyl/N-ethyl adjacent to an activating group) is 1. The van der Waals surface area contributed by atoms with Crippen molar-refractivity contribution in [1.82, 2.24) is 25.0 Å². The van der Waals surface area contributed by atoms with Crippen molar-refractivity contribution in [3.63, 3.8) is 0 Å². The summed E-state index contributed by atoms with van der Waals surface area (Å²) < 4.78 is 27.7. The van der Waals surface area contributed by atoms with Crippen LogP contribution in [-0.2, 0) is 0 Å². The van der Waals surface area contributed by atoms with Crippen molar-refractivity contribution in [2.45, 2.75) is 13.3 Å². The second kappa shape index (κ2) is 10.1. The molecule has 2 aromatic carbocycles. The number of aromatic amines is 1. The Kier molecular flexibility index (Phi) is 6.87. The predicted octanol–water partition coefficient (Wildman–Crippen LogP) is 4.61. The number of nitrogens with one attached hydrogen (secondary N) is 1. The Morgan fingerprint density at radius 1 is 1.14 bits per heavy atom. The molecule has 0 spiro atoms. The van der Waals surface area contributed by atoms with Crippen LogP contribution in [0.1, 0.15) is 12.1 Å². The van der Waals surface area contributed by atoms with E-state index in [1.165, 1.54) is 12.1 Å². The van der Waals surface area contributed by atoms with Gasteiger partial charge in [0.2, 0.25) is 0 Å². The highest BCUT2D eigenvalue weighted by molar-refractivity contribution is 6.32. The van der Waals surface area contributed by atoms with Gasteiger partial charge in [0, 0.05) is 60.8 Å². The van der Waals surface area contributed by atoms with Crippen LogP contribution >= 0.6 is 11.6 Å². The topological polar surface area (TPSA) is 86.7 Å². The summed E-state index contributed by atoms with van der Waals surface area (Å²) in [5, 5.41) is 18.7. The molecule has 1 fully saturated rings. The quantitative estimate of drug-likeness (QED) is 0.349. The lowest BCUT2D eigenvalue weighted by atomic mass is 9.99. The number of phenolic OH excluding ortho intramolecular Hbond substituents is 1. The average Bonchev–Trinajstić information content (AvgIpc) is 3.24. The summed E-state index contributed by atoms with van der Waals surface area (Å²) in [6.45, 7) is 7.42. The number of aryl methyl sites for hydroxylation is 1. The number of phenols is 1. The Bertz CT molecular complexity index is 1420. The zero-order valence-corrected chi connectivity index (χ0v) is 21.3. The van der Waals surface area contributed by atoms with Crippen LogP contribution in [-0.4, -0.2) is 83.6 Å². The van der Waals surface area contributed by atoms with E-state index in [0.29, 0.717) is 45.8 Å². The van der Waals surface area contributed by atoms with Crippen molar-refractivity contribution in [1.29, 1.82) is 0 Å². The first-order valence-electron chi connectivity index (χ1n) is 11.9. The number of H-pyrrole nitrogens is 1. The standard InChI is InChI=1S/C26H29ClFN5O3/c1-15-21-23-22(24(29-26(21)31-30-15)16-5-6-19(34)17(27)13-16)18(28)14-20(25(23)35-3)36-12-4-7-33-10-8-32(2)9-11-33/h5-6,13-14,34H,4,7-12H2,1-3H3,(H,29,30,31). The molecule has 36 heavy (non-hydrogen) atoms. The average molecular weight is 514 g/mol. The van der Waals surface area contributed by atoms with Gasteiger partial charge in [-0.1, -0.05) is 11.6 Å². The molecule has 8 nitrogen and oxygen atoms in total. The minimum Gasteiger partial charge on any atom is -0.506 e. The largest absolute Gasteiger partial charge is 0.506 e. The second-order valence-electron chi connectivity index (χ2n) is 9.16. The van der Waals surface area contributed by atoms with Crippen molar-refractivity contribution in [3.05, 3.63) is 40.8 Å². The number of hydrogen-bond acceptors (Lipinski definition) is 7. The van der Waals surface area contributed by atoms with Gasteiger partial charge in [0.1, 0.15) is 11.6 Å². The van der Waals surface area contributed by atoms with Crippen LogP contribution in [0.15, 0.2) is 24.3 Å². The van der Waals surface area contributed by atoms with Gasteiger partial charge >= 0.3 is 0 Å². The molecule has 2 aromatic heterocycles. The van der Waals surface area contributed by atoms with Gasteiger partial charge in [-0.3, -0.25) is 5.10 Å². The number of aromatic nitrogens is 3. The van der Waals surface area contributed by atoms with E-state index in [1.54, 1.807) is 19.2 Å². The predicted molar refractivity (Wildman–Crippen MR) is 139 cm³/mol. The number of pyridine rings is 1. The summed E-state index contributed by atoms with van der Waals surface area (Å²) in [7, 11) is 3.68. The molecule has 3 heterocycles. The van der Waals surface area contributed by atoms with Gasteiger partial charge in [-0.05, 0) is 38.6 Å². The third-order valence-electron chi connectivity index (χ3n) is 6.73. The summed E-state index contributed by atoms with van der Waals surface area (Å²) in [5.74, 6) is 0.207. The Hall–Kier alpha value is -3.14. The maximum atomic E-state index is 15.8. The number of nitrogens with zero attached hydrogens (tertiary/aromatic N) is 4. The maximum absolute atomic E-state index is 15.8. The van der Waals surface area contributed by atoms with Gasteiger partial charge in [-0.15, -0.1) is 0 Å². The zero-order chi connectivity index (χ0) is 25.4. The summed E-state index contributed by atoms with van der Waals surface area (Å²) in [6.07, 6.45) is 0.820. The number of hydrogen-bond donors (Lipinski definition) is 2. The van der Waals surface area contributed by atoms with Gasteiger partial charge in [0.05, 0.1) is 29.8 Å². The molecule has 0 amide bonds. The van der Waals surface area contributed by atoms with E-state index < -0.39 is 5.82 Å². The molecule has 1 aliphatic heterocycles. The number of methoxy groups -OCH3 is 1. The third-order valence-corrected chi connectivity index (χ3v) is 7.03. The normalized spacial score (nSPS) is 15.1. The van der Waals surface area contributed by atoms with Crippen LogP contribution in [0.3, 0.4) is 0 Å². The number of benzene rings is 2. The molecule has 0 radical (unpaired) electrons. The second-order valence-corrected chi connectivity index (χ2v) is 9.57. The summed E-state index contributed by atoms with van der Waals surface area (Å²) >= 11 is 6.15. The van der Waals surface area contributed by atoms with E-state index in [-0.39, 0.29) is 16.2 Å². The highest BCUT2D eigenvalue weighted by Gasteiger charge is 2.24. The smallest absolute Gasteiger partial charge is 0.182 e. The van der Waals surface area contributed by atoms with Crippen LogP contribution in [0.4, 0.5) is 4.39 Å². The fraction of sp³-hybridized carbons (Fsp3) is 0.385. The van der Waals surface area contributed by atoms with E-state index in [2.05, 4.69) is 32.0 Å². The molecule has 1 saturated heterocycles. The molecule has 0 unspecified atom stereocenters. The summed E-state index contributed by atoms with van der Waals surface area (Å²) in [6, 6.07) is 6.01. The molecule has 5 rings (SSSR count). The van der Waals surface area contributed by atoms with E-state index in [4.69, 9.17) is 21.1 Å². The monoisotopic (exact) mass is 513 g/mol. The molecule has 1 aliphatic rings. The number of rotatable bonds is 7. The minimum absolute atomic E-state index is 0.0632. The van der Waals surface area contributed by atoms with Crippen LogP contribution in [0.25, 0.3) is 33.1 Å². The molecule has 10 heteroatoms. The van der Waals surface area contributed by atoms with Crippen LogP contribution in [0.2, 0.25) is 5.02 Å². The molecule has 4 aromatic rings. The highest BCUT2D eigenvalue weighted by Crippen LogP contribution is 2.45. The van der Waals surface area contributed by atoms with Gasteiger partial charge < -0.3 is 24.4 Å². The Balaban J connectivity index is 1.54. The van der Waals surface area contributed by atoms with Crippen molar-refractivity contribution in [3.8, 4) is 28.5 Å². The highest BCUT2D eigenvalue weighted by atomic mass is 35.5. The Morgan fingerprint density at radius 2 is 1.92 bits per heavy atom. The number of ether oxygens (including phenoxy) is 2. The molecular formula is C26H29ClFN5O3. The summed E-state index contributed by atoms with van der Waals surface area (Å²) in [4.78, 5) is 9.38. The number of fused-ring (bicyclic) bond motifs is 3. The molecule has 0 bridgehead atoms. The lowest BCUT2D eigenvalue weighted by Crippen LogP contribution is -2.44. The fourth-order valence-electron chi connectivity index (χ4n) is 4.75. The SMILES string of the molecule is COc1c(OCCCN2CCN(C)CC2)cc(F)c2c(-c3ccc(O)c(Cl)c3)nc3n[nH]c(C)c3c12. The molecule has 0 atom stereocenters. The Labute approximate surface area is 213 Å². The van der Waals surface area contributed by atoms with Crippen molar-refractivity contribution in [2.75, 3.05) is 53.5 Å². The van der Waals surface area contributed by atoms with Gasteiger partial charge in [-0.25, -0.2) is 9.37 Å². The summed E-state index contributed by atoms with van der Waals surface area (Å²) in [5.41, 5.74) is 2.06.